The zero-order valence-electron chi connectivity index (χ0n) is 13.8. The highest BCUT2D eigenvalue weighted by atomic mass is 32.2. The molecule has 6 heteroatoms. The van der Waals surface area contributed by atoms with E-state index < -0.39 is 10.0 Å². The van der Waals surface area contributed by atoms with Crippen LogP contribution in [0.25, 0.3) is 0 Å². The molecule has 0 fully saturated rings. The van der Waals surface area contributed by atoms with E-state index in [0.29, 0.717) is 5.56 Å². The van der Waals surface area contributed by atoms with Gasteiger partial charge < -0.3 is 5.32 Å². The molecule has 1 amide bonds. The summed E-state index contributed by atoms with van der Waals surface area (Å²) in [6.07, 6.45) is 0. The second-order valence-corrected chi connectivity index (χ2v) is 7.57. The molecular formula is C18H22N2O3S. The van der Waals surface area contributed by atoms with E-state index in [1.165, 1.54) is 0 Å². The van der Waals surface area contributed by atoms with Gasteiger partial charge in [0.15, 0.2) is 0 Å². The van der Waals surface area contributed by atoms with Gasteiger partial charge in [0.05, 0.1) is 18.3 Å². The summed E-state index contributed by atoms with van der Waals surface area (Å²) in [5.74, 6) is -0.506. The monoisotopic (exact) mass is 346 g/mol. The van der Waals surface area contributed by atoms with Gasteiger partial charge in [-0.2, -0.15) is 0 Å². The van der Waals surface area contributed by atoms with E-state index >= 15 is 0 Å². The molecule has 1 atom stereocenters. The van der Waals surface area contributed by atoms with Gasteiger partial charge in [-0.1, -0.05) is 60.2 Å². The second kappa shape index (κ2) is 8.08. The first-order chi connectivity index (χ1) is 11.4. The molecule has 0 spiro atoms. The van der Waals surface area contributed by atoms with E-state index in [4.69, 9.17) is 0 Å². The van der Waals surface area contributed by atoms with Crippen LogP contribution in [-0.2, 0) is 20.6 Å². The van der Waals surface area contributed by atoms with Crippen LogP contribution in [0.15, 0.2) is 54.6 Å². The first kappa shape index (κ1) is 18.2. The number of nitrogens with one attached hydrogen (secondary N) is 2. The van der Waals surface area contributed by atoms with Crippen LogP contribution in [0.5, 0.6) is 0 Å². The normalized spacial score (nSPS) is 12.6. The van der Waals surface area contributed by atoms with E-state index in [9.17, 15) is 13.2 Å². The van der Waals surface area contributed by atoms with Crippen LogP contribution in [0.3, 0.4) is 0 Å². The molecule has 2 aromatic rings. The van der Waals surface area contributed by atoms with Crippen LogP contribution in [0.4, 0.5) is 0 Å². The lowest BCUT2D eigenvalue weighted by atomic mass is 10.1. The van der Waals surface area contributed by atoms with Crippen molar-refractivity contribution in [2.75, 3.05) is 6.54 Å². The highest BCUT2D eigenvalue weighted by Crippen LogP contribution is 2.11. The highest BCUT2D eigenvalue weighted by Gasteiger charge is 2.15. The highest BCUT2D eigenvalue weighted by molar-refractivity contribution is 7.88. The zero-order chi connectivity index (χ0) is 17.6. The molecule has 0 saturated heterocycles. The summed E-state index contributed by atoms with van der Waals surface area (Å²) in [5.41, 5.74) is 2.72. The van der Waals surface area contributed by atoms with E-state index in [1.807, 2.05) is 56.3 Å². The standard InChI is InChI=1S/C18H22N2O3S/c1-14-8-10-16(11-9-14)13-24(22,23)19-12-18(21)20-15(2)17-6-4-3-5-7-17/h3-11,15,19H,12-13H2,1-2H3,(H,20,21). The molecule has 2 aromatic carbocycles. The molecule has 2 N–H and O–H groups in total. The molecule has 0 aromatic heterocycles. The summed E-state index contributed by atoms with van der Waals surface area (Å²) in [6.45, 7) is 3.52. The maximum atomic E-state index is 12.1. The van der Waals surface area contributed by atoms with Crippen LogP contribution >= 0.6 is 0 Å². The first-order valence-corrected chi connectivity index (χ1v) is 9.38. The summed E-state index contributed by atoms with van der Waals surface area (Å²) >= 11 is 0. The van der Waals surface area contributed by atoms with E-state index in [1.54, 1.807) is 12.1 Å². The average Bonchev–Trinajstić information content (AvgIpc) is 2.56. The fourth-order valence-corrected chi connectivity index (χ4v) is 3.33. The van der Waals surface area contributed by atoms with Crippen molar-refractivity contribution in [1.82, 2.24) is 10.0 Å². The Morgan fingerprint density at radius 2 is 1.67 bits per heavy atom. The molecule has 128 valence electrons. The number of hydrogen-bond acceptors (Lipinski definition) is 3. The summed E-state index contributed by atoms with van der Waals surface area (Å²) in [5, 5.41) is 2.77. The number of hydrogen-bond donors (Lipinski definition) is 2. The summed E-state index contributed by atoms with van der Waals surface area (Å²) in [4.78, 5) is 11.9. The number of amides is 1. The lowest BCUT2D eigenvalue weighted by Crippen LogP contribution is -2.38. The quantitative estimate of drug-likeness (QED) is 0.808. The van der Waals surface area contributed by atoms with Crippen LogP contribution in [0.1, 0.15) is 29.7 Å². The topological polar surface area (TPSA) is 75.3 Å². The van der Waals surface area contributed by atoms with Gasteiger partial charge >= 0.3 is 0 Å². The van der Waals surface area contributed by atoms with E-state index in [0.717, 1.165) is 11.1 Å². The smallest absolute Gasteiger partial charge is 0.235 e. The van der Waals surface area contributed by atoms with Crippen molar-refractivity contribution < 1.29 is 13.2 Å². The minimum absolute atomic E-state index is 0.144. The third-order valence-corrected chi connectivity index (χ3v) is 4.90. The van der Waals surface area contributed by atoms with Gasteiger partial charge in [-0.05, 0) is 25.0 Å². The van der Waals surface area contributed by atoms with Crippen molar-refractivity contribution in [3.8, 4) is 0 Å². The number of benzene rings is 2. The third-order valence-electron chi connectivity index (χ3n) is 3.61. The average molecular weight is 346 g/mol. The van der Waals surface area contributed by atoms with E-state index in [2.05, 4.69) is 10.0 Å². The van der Waals surface area contributed by atoms with Gasteiger partial charge in [-0.15, -0.1) is 0 Å². The number of aryl methyl sites for hydroxylation is 1. The van der Waals surface area contributed by atoms with E-state index in [-0.39, 0.29) is 24.2 Å². The number of rotatable bonds is 7. The molecule has 0 aliphatic rings. The number of carbonyl (C=O) groups is 1. The van der Waals surface area contributed by atoms with Crippen molar-refractivity contribution in [1.29, 1.82) is 0 Å². The predicted molar refractivity (Wildman–Crippen MR) is 94.8 cm³/mol. The minimum Gasteiger partial charge on any atom is -0.348 e. The molecule has 0 bridgehead atoms. The van der Waals surface area contributed by atoms with Crippen LogP contribution in [-0.4, -0.2) is 20.9 Å². The minimum atomic E-state index is -3.55. The number of carbonyl (C=O) groups excluding carboxylic acids is 1. The van der Waals surface area contributed by atoms with Gasteiger partial charge in [0, 0.05) is 0 Å². The third kappa shape index (κ3) is 5.79. The zero-order valence-corrected chi connectivity index (χ0v) is 14.6. The molecule has 5 nitrogen and oxygen atoms in total. The van der Waals surface area contributed by atoms with Crippen molar-refractivity contribution >= 4 is 15.9 Å². The maximum absolute atomic E-state index is 12.1. The van der Waals surface area contributed by atoms with Crippen LogP contribution in [0, 0.1) is 6.92 Å². The fraction of sp³-hybridized carbons (Fsp3) is 0.278. The van der Waals surface area contributed by atoms with Gasteiger partial charge in [-0.3, -0.25) is 4.79 Å². The molecule has 0 heterocycles. The molecule has 0 saturated carbocycles. The molecule has 24 heavy (non-hydrogen) atoms. The van der Waals surface area contributed by atoms with Gasteiger partial charge in [-0.25, -0.2) is 13.1 Å². The first-order valence-electron chi connectivity index (χ1n) is 7.73. The SMILES string of the molecule is Cc1ccc(CS(=O)(=O)NCC(=O)NC(C)c2ccccc2)cc1. The molecule has 0 aliphatic heterocycles. The van der Waals surface area contributed by atoms with Crippen LogP contribution in [0.2, 0.25) is 0 Å². The molecule has 0 aliphatic carbocycles. The largest absolute Gasteiger partial charge is 0.348 e. The van der Waals surface area contributed by atoms with Crippen LogP contribution < -0.4 is 10.0 Å². The fourth-order valence-electron chi connectivity index (χ4n) is 2.25. The van der Waals surface area contributed by atoms with Crippen molar-refractivity contribution in [3.05, 3.63) is 71.3 Å². The Morgan fingerprint density at radius 3 is 2.29 bits per heavy atom. The lowest BCUT2D eigenvalue weighted by Gasteiger charge is -2.14. The Morgan fingerprint density at radius 1 is 1.04 bits per heavy atom. The second-order valence-electron chi connectivity index (χ2n) is 5.77. The summed E-state index contributed by atoms with van der Waals surface area (Å²) in [7, 11) is -3.55. The molecular weight excluding hydrogens is 324 g/mol. The van der Waals surface area contributed by atoms with Crippen molar-refractivity contribution in [2.24, 2.45) is 0 Å². The lowest BCUT2D eigenvalue weighted by molar-refractivity contribution is -0.120. The maximum Gasteiger partial charge on any atom is 0.235 e. The Kier molecular flexibility index (Phi) is 6.11. The summed E-state index contributed by atoms with van der Waals surface area (Å²) < 4.78 is 26.4. The predicted octanol–water partition coefficient (Wildman–Crippen LogP) is 2.29. The molecule has 1 unspecified atom stereocenters. The molecule has 2 rings (SSSR count). The number of sulfonamides is 1. The Balaban J connectivity index is 1.85. The van der Waals surface area contributed by atoms with Gasteiger partial charge in [0.25, 0.3) is 0 Å². The Hall–Kier alpha value is -2.18. The van der Waals surface area contributed by atoms with Gasteiger partial charge in [0.2, 0.25) is 15.9 Å². The van der Waals surface area contributed by atoms with Crippen molar-refractivity contribution in [3.63, 3.8) is 0 Å². The summed E-state index contributed by atoms with van der Waals surface area (Å²) in [6, 6.07) is 16.6. The molecule has 0 radical (unpaired) electrons. The Labute approximate surface area is 143 Å². The Bertz CT molecular complexity index is 772. The van der Waals surface area contributed by atoms with Crippen molar-refractivity contribution in [2.45, 2.75) is 25.6 Å². The van der Waals surface area contributed by atoms with Gasteiger partial charge in [0.1, 0.15) is 0 Å².